The number of anilines is 1. The summed E-state index contributed by atoms with van der Waals surface area (Å²) < 4.78 is 32.9. The van der Waals surface area contributed by atoms with Crippen LogP contribution in [-0.2, 0) is 14.8 Å². The van der Waals surface area contributed by atoms with E-state index < -0.39 is 22.5 Å². The van der Waals surface area contributed by atoms with E-state index in [1.54, 1.807) is 49.4 Å². The molecule has 0 saturated heterocycles. The Morgan fingerprint density at radius 2 is 1.69 bits per heavy atom. The van der Waals surface area contributed by atoms with Gasteiger partial charge in [0, 0.05) is 6.07 Å². The van der Waals surface area contributed by atoms with Gasteiger partial charge in [-0.25, -0.2) is 13.8 Å². The first-order chi connectivity index (χ1) is 15.3. The predicted molar refractivity (Wildman–Crippen MR) is 126 cm³/mol. The van der Waals surface area contributed by atoms with E-state index in [1.165, 1.54) is 19.2 Å². The van der Waals surface area contributed by atoms with Crippen molar-refractivity contribution in [2.75, 3.05) is 18.0 Å². The fraction of sp³-hybridized carbons (Fsp3) is 0.167. The van der Waals surface area contributed by atoms with Gasteiger partial charge in [-0.15, -0.1) is 0 Å². The maximum Gasteiger partial charge on any atom is 0.264 e. The minimum Gasteiger partial charge on any atom is -0.497 e. The van der Waals surface area contributed by atoms with Crippen LogP contribution in [0.1, 0.15) is 18.1 Å². The number of hydrogen-bond donors (Lipinski definition) is 1. The summed E-state index contributed by atoms with van der Waals surface area (Å²) in [6.45, 7) is 3.30. The van der Waals surface area contributed by atoms with E-state index in [2.05, 4.69) is 10.5 Å². The lowest BCUT2D eigenvalue weighted by atomic mass is 10.1. The van der Waals surface area contributed by atoms with E-state index in [1.807, 2.05) is 31.2 Å². The number of carbonyl (C=O) groups excluding carboxylic acids is 1. The molecule has 0 unspecified atom stereocenters. The molecule has 0 aromatic heterocycles. The normalized spacial score (nSPS) is 11.7. The molecule has 0 radical (unpaired) electrons. The van der Waals surface area contributed by atoms with Crippen molar-refractivity contribution in [2.24, 2.45) is 5.10 Å². The van der Waals surface area contributed by atoms with Crippen molar-refractivity contribution in [3.63, 3.8) is 0 Å². The van der Waals surface area contributed by atoms with Gasteiger partial charge < -0.3 is 4.74 Å². The summed E-state index contributed by atoms with van der Waals surface area (Å²) in [4.78, 5) is 12.8. The summed E-state index contributed by atoms with van der Waals surface area (Å²) in [6, 6.07) is 22.2. The lowest BCUT2D eigenvalue weighted by Gasteiger charge is -2.24. The van der Waals surface area contributed by atoms with Crippen LogP contribution in [0.4, 0.5) is 5.69 Å². The van der Waals surface area contributed by atoms with E-state index in [-0.39, 0.29) is 4.90 Å². The number of hydrogen-bond acceptors (Lipinski definition) is 5. The molecule has 0 saturated carbocycles. The highest BCUT2D eigenvalue weighted by Crippen LogP contribution is 2.26. The zero-order valence-corrected chi connectivity index (χ0v) is 19.0. The van der Waals surface area contributed by atoms with Crippen LogP contribution in [-0.4, -0.2) is 33.7 Å². The molecule has 3 aromatic rings. The number of nitrogens with zero attached hydrogens (tertiary/aromatic N) is 2. The number of aryl methyl sites for hydroxylation is 1. The molecule has 7 nitrogen and oxygen atoms in total. The zero-order chi connectivity index (χ0) is 23.1. The third-order valence-corrected chi connectivity index (χ3v) is 6.57. The number of amides is 1. The van der Waals surface area contributed by atoms with E-state index in [0.717, 1.165) is 15.4 Å². The Hall–Kier alpha value is -3.65. The number of methoxy groups -OCH3 is 1. The second-order valence-electron chi connectivity index (χ2n) is 7.12. The van der Waals surface area contributed by atoms with Gasteiger partial charge in [0.1, 0.15) is 12.3 Å². The lowest BCUT2D eigenvalue weighted by molar-refractivity contribution is -0.119. The van der Waals surface area contributed by atoms with Crippen molar-refractivity contribution in [3.8, 4) is 5.75 Å². The monoisotopic (exact) mass is 451 g/mol. The minimum atomic E-state index is -4.00. The zero-order valence-electron chi connectivity index (χ0n) is 18.1. The molecular weight excluding hydrogens is 426 g/mol. The number of nitrogens with one attached hydrogen (secondary N) is 1. The molecule has 0 aliphatic carbocycles. The van der Waals surface area contributed by atoms with Gasteiger partial charge >= 0.3 is 0 Å². The second kappa shape index (κ2) is 10.1. The van der Waals surface area contributed by atoms with Gasteiger partial charge in [0.25, 0.3) is 15.9 Å². The van der Waals surface area contributed by atoms with Crippen LogP contribution in [0, 0.1) is 6.92 Å². The van der Waals surface area contributed by atoms with Gasteiger partial charge in [-0.3, -0.25) is 9.10 Å². The maximum atomic E-state index is 13.3. The molecule has 0 atom stereocenters. The lowest BCUT2D eigenvalue weighted by Crippen LogP contribution is -2.39. The van der Waals surface area contributed by atoms with Gasteiger partial charge in [0.05, 0.1) is 23.4 Å². The van der Waals surface area contributed by atoms with Crippen molar-refractivity contribution >= 4 is 27.3 Å². The van der Waals surface area contributed by atoms with Crippen molar-refractivity contribution in [1.29, 1.82) is 0 Å². The molecule has 32 heavy (non-hydrogen) atoms. The molecule has 0 bridgehead atoms. The van der Waals surface area contributed by atoms with Gasteiger partial charge in [0.15, 0.2) is 0 Å². The first-order valence-electron chi connectivity index (χ1n) is 9.93. The van der Waals surface area contributed by atoms with Gasteiger partial charge in [-0.1, -0.05) is 54.1 Å². The summed E-state index contributed by atoms with van der Waals surface area (Å²) >= 11 is 0. The smallest absolute Gasteiger partial charge is 0.264 e. The SMILES string of the molecule is COc1cccc(N(CC(=O)N/N=C(/C)c2ccc(C)cc2)S(=O)(=O)c2ccccc2)c1. The van der Waals surface area contributed by atoms with Gasteiger partial charge in [0.2, 0.25) is 0 Å². The van der Waals surface area contributed by atoms with Crippen LogP contribution in [0.5, 0.6) is 5.75 Å². The Labute approximate surface area is 188 Å². The fourth-order valence-corrected chi connectivity index (χ4v) is 4.41. The Kier molecular flexibility index (Phi) is 7.27. The molecular formula is C24H25N3O4S. The molecule has 1 N–H and O–H groups in total. The molecule has 0 aliphatic rings. The van der Waals surface area contributed by atoms with E-state index in [0.29, 0.717) is 17.1 Å². The van der Waals surface area contributed by atoms with Crippen LogP contribution in [0.3, 0.4) is 0 Å². The van der Waals surface area contributed by atoms with Gasteiger partial charge in [-0.05, 0) is 43.7 Å². The molecule has 0 heterocycles. The largest absolute Gasteiger partial charge is 0.497 e. The highest BCUT2D eigenvalue weighted by molar-refractivity contribution is 7.92. The number of sulfonamides is 1. The summed E-state index contributed by atoms with van der Waals surface area (Å²) in [5.74, 6) is -0.0943. The first kappa shape index (κ1) is 23.0. The molecule has 166 valence electrons. The highest BCUT2D eigenvalue weighted by atomic mass is 32.2. The Morgan fingerprint density at radius 3 is 2.34 bits per heavy atom. The topological polar surface area (TPSA) is 88.1 Å². The third-order valence-electron chi connectivity index (χ3n) is 4.78. The van der Waals surface area contributed by atoms with Crippen LogP contribution in [0.25, 0.3) is 0 Å². The summed E-state index contributed by atoms with van der Waals surface area (Å²) in [5, 5.41) is 4.13. The minimum absolute atomic E-state index is 0.0787. The molecule has 3 rings (SSSR count). The van der Waals surface area contributed by atoms with Crippen molar-refractivity contribution in [3.05, 3.63) is 90.0 Å². The quantitative estimate of drug-likeness (QED) is 0.417. The Balaban J connectivity index is 1.87. The van der Waals surface area contributed by atoms with E-state index >= 15 is 0 Å². The number of rotatable bonds is 8. The van der Waals surface area contributed by atoms with Crippen LogP contribution in [0.15, 0.2) is 88.9 Å². The molecule has 3 aromatic carbocycles. The second-order valence-corrected chi connectivity index (χ2v) is 8.99. The molecule has 0 fully saturated rings. The molecule has 1 amide bonds. The molecule has 0 spiro atoms. The van der Waals surface area contributed by atoms with Crippen LogP contribution < -0.4 is 14.5 Å². The summed E-state index contributed by atoms with van der Waals surface area (Å²) in [6.07, 6.45) is 0. The number of benzene rings is 3. The van der Waals surface area contributed by atoms with E-state index in [9.17, 15) is 13.2 Å². The standard InChI is InChI=1S/C24H25N3O4S/c1-18-12-14-20(15-13-18)19(2)25-26-24(28)17-27(21-8-7-9-22(16-21)31-3)32(29,30)23-10-5-4-6-11-23/h4-16H,17H2,1-3H3,(H,26,28)/b25-19-. The Morgan fingerprint density at radius 1 is 1.00 bits per heavy atom. The van der Waals surface area contributed by atoms with Crippen molar-refractivity contribution in [2.45, 2.75) is 18.7 Å². The number of carbonyl (C=O) groups is 1. The fourth-order valence-electron chi connectivity index (χ4n) is 2.97. The Bertz CT molecular complexity index is 1210. The van der Waals surface area contributed by atoms with Crippen LogP contribution >= 0.6 is 0 Å². The van der Waals surface area contributed by atoms with Gasteiger partial charge in [-0.2, -0.15) is 5.10 Å². The maximum absolute atomic E-state index is 13.3. The number of ether oxygens (including phenoxy) is 1. The summed E-state index contributed by atoms with van der Waals surface area (Å²) in [7, 11) is -2.51. The third kappa shape index (κ3) is 5.53. The average molecular weight is 452 g/mol. The highest BCUT2D eigenvalue weighted by Gasteiger charge is 2.27. The molecule has 0 aliphatic heterocycles. The van der Waals surface area contributed by atoms with Crippen molar-refractivity contribution < 1.29 is 17.9 Å². The van der Waals surface area contributed by atoms with E-state index in [4.69, 9.17) is 4.74 Å². The molecule has 8 heteroatoms. The first-order valence-corrected chi connectivity index (χ1v) is 11.4. The predicted octanol–water partition coefficient (Wildman–Crippen LogP) is 3.74. The average Bonchev–Trinajstić information content (AvgIpc) is 2.82. The number of hydrazone groups is 1. The van der Waals surface area contributed by atoms with Crippen LogP contribution in [0.2, 0.25) is 0 Å². The summed E-state index contributed by atoms with van der Waals surface area (Å²) in [5.41, 5.74) is 5.35. The van der Waals surface area contributed by atoms with Crippen molar-refractivity contribution in [1.82, 2.24) is 5.43 Å².